The van der Waals surface area contributed by atoms with E-state index < -0.39 is 0 Å². The second kappa shape index (κ2) is 12.4. The summed E-state index contributed by atoms with van der Waals surface area (Å²) in [5.41, 5.74) is 12.0. The molecule has 4 heteroatoms. The number of amidine groups is 1. The minimum absolute atomic E-state index is 0.121. The first-order valence-electron chi connectivity index (χ1n) is 16.7. The Labute approximate surface area is 285 Å². The van der Waals surface area contributed by atoms with Gasteiger partial charge < -0.3 is 9.73 Å². The maximum Gasteiger partial charge on any atom is 0.143 e. The zero-order chi connectivity index (χ0) is 32.6. The van der Waals surface area contributed by atoms with Gasteiger partial charge in [-0.2, -0.15) is 0 Å². The maximum atomic E-state index is 6.67. The number of hydrogen-bond acceptors (Lipinski definition) is 4. The summed E-state index contributed by atoms with van der Waals surface area (Å²) in [6, 6.07) is 61.6. The van der Waals surface area contributed by atoms with Crippen molar-refractivity contribution >= 4 is 27.8 Å². The Hall–Kier alpha value is -6.23. The third kappa shape index (κ3) is 5.58. The van der Waals surface area contributed by atoms with E-state index >= 15 is 0 Å². The fourth-order valence-electron chi connectivity index (χ4n) is 6.83. The van der Waals surface area contributed by atoms with Gasteiger partial charge in [-0.25, -0.2) is 4.99 Å². The highest BCUT2D eigenvalue weighted by Crippen LogP contribution is 2.38. The molecule has 0 fully saturated rings. The molecule has 8 aromatic rings. The van der Waals surface area contributed by atoms with E-state index in [0.717, 1.165) is 55.6 Å². The van der Waals surface area contributed by atoms with Crippen molar-refractivity contribution < 1.29 is 4.42 Å². The van der Waals surface area contributed by atoms with Crippen LogP contribution in [0.3, 0.4) is 0 Å². The molecular weight excluding hydrogens is 599 g/mol. The van der Waals surface area contributed by atoms with Gasteiger partial charge in [-0.15, -0.1) is 0 Å². The Morgan fingerprint density at radius 3 is 1.67 bits per heavy atom. The third-order valence-electron chi connectivity index (χ3n) is 9.40. The van der Waals surface area contributed by atoms with Crippen LogP contribution in [0.1, 0.15) is 29.0 Å². The van der Waals surface area contributed by atoms with Gasteiger partial charge in [-0.1, -0.05) is 170 Å². The first kappa shape index (κ1) is 29.0. The molecule has 0 saturated carbocycles. The molecule has 0 spiro atoms. The molecule has 0 saturated heterocycles. The molecule has 49 heavy (non-hydrogen) atoms. The molecule has 9 rings (SSSR count). The van der Waals surface area contributed by atoms with E-state index in [1.54, 1.807) is 0 Å². The van der Waals surface area contributed by atoms with E-state index in [1.807, 2.05) is 18.2 Å². The van der Waals surface area contributed by atoms with Gasteiger partial charge in [0.05, 0.1) is 0 Å². The molecule has 0 bridgehead atoms. The molecule has 2 unspecified atom stereocenters. The molecule has 4 nitrogen and oxygen atoms in total. The van der Waals surface area contributed by atoms with Crippen molar-refractivity contribution in [1.82, 2.24) is 10.6 Å². The van der Waals surface area contributed by atoms with Crippen LogP contribution in [0.25, 0.3) is 55.3 Å². The lowest BCUT2D eigenvalue weighted by Crippen LogP contribution is -2.44. The van der Waals surface area contributed by atoms with E-state index in [0.29, 0.717) is 0 Å². The molecule has 2 heterocycles. The van der Waals surface area contributed by atoms with Crippen LogP contribution in [0.15, 0.2) is 185 Å². The van der Waals surface area contributed by atoms with Crippen molar-refractivity contribution in [2.45, 2.75) is 12.3 Å². The van der Waals surface area contributed by atoms with Crippen LogP contribution in [0.4, 0.5) is 0 Å². The number of benzene rings is 7. The van der Waals surface area contributed by atoms with Gasteiger partial charge in [0.2, 0.25) is 0 Å². The van der Waals surface area contributed by atoms with E-state index in [9.17, 15) is 0 Å². The normalized spacial score (nSPS) is 16.0. The number of para-hydroxylation sites is 1. The van der Waals surface area contributed by atoms with E-state index in [-0.39, 0.29) is 12.3 Å². The first-order chi connectivity index (χ1) is 24.3. The standard InChI is InChI=1S/C45H33N3O/c1-4-11-30(12-5-1)32-19-23-34(24-20-32)38-17-10-18-40-39-28-27-37(29-41(39)49-42(38)40)45-47-43(35-15-8-3-9-16-35)46-44(48-45)36-25-21-33(22-26-36)31-13-6-2-7-14-31/h1-29,43,45,47H,(H,46,48). The van der Waals surface area contributed by atoms with Gasteiger partial charge >= 0.3 is 0 Å². The maximum absolute atomic E-state index is 6.67. The zero-order valence-electron chi connectivity index (χ0n) is 26.8. The number of aliphatic imine (C=N–C) groups is 1. The summed E-state index contributed by atoms with van der Waals surface area (Å²) in [6.45, 7) is 0. The Morgan fingerprint density at radius 1 is 0.449 bits per heavy atom. The van der Waals surface area contributed by atoms with E-state index in [4.69, 9.17) is 9.41 Å². The third-order valence-corrected chi connectivity index (χ3v) is 9.40. The molecule has 0 amide bonds. The lowest BCUT2D eigenvalue weighted by molar-refractivity contribution is 0.409. The highest BCUT2D eigenvalue weighted by Gasteiger charge is 2.26. The van der Waals surface area contributed by atoms with Crippen molar-refractivity contribution in [3.63, 3.8) is 0 Å². The van der Waals surface area contributed by atoms with Crippen molar-refractivity contribution in [3.8, 4) is 33.4 Å². The second-order valence-electron chi connectivity index (χ2n) is 12.5. The summed E-state index contributed by atoms with van der Waals surface area (Å²) in [7, 11) is 0. The van der Waals surface area contributed by atoms with Crippen LogP contribution in [-0.4, -0.2) is 5.84 Å². The van der Waals surface area contributed by atoms with Gasteiger partial charge in [0.1, 0.15) is 29.3 Å². The Balaban J connectivity index is 1.08. The fourth-order valence-corrected chi connectivity index (χ4v) is 6.83. The highest BCUT2D eigenvalue weighted by atomic mass is 16.3. The van der Waals surface area contributed by atoms with Gasteiger partial charge in [-0.05, 0) is 45.0 Å². The lowest BCUT2D eigenvalue weighted by atomic mass is 9.98. The lowest BCUT2D eigenvalue weighted by Gasteiger charge is -2.32. The van der Waals surface area contributed by atoms with Crippen LogP contribution >= 0.6 is 0 Å². The van der Waals surface area contributed by atoms with Crippen molar-refractivity contribution in [2.24, 2.45) is 4.99 Å². The van der Waals surface area contributed by atoms with Gasteiger partial charge in [0.25, 0.3) is 0 Å². The van der Waals surface area contributed by atoms with Gasteiger partial charge in [-0.3, -0.25) is 5.32 Å². The van der Waals surface area contributed by atoms with Crippen molar-refractivity contribution in [1.29, 1.82) is 0 Å². The fraction of sp³-hybridized carbons (Fsp3) is 0.0444. The SMILES string of the molecule is c1ccc(-c2ccc(C3=NC(c4ccc5c(c4)oc4c(-c6ccc(-c7ccccc7)cc6)cccc45)NC(c4ccccc4)N3)cc2)cc1. The molecule has 1 aliphatic rings. The summed E-state index contributed by atoms with van der Waals surface area (Å²) < 4.78 is 6.67. The Bertz CT molecular complexity index is 2420. The molecule has 1 aromatic heterocycles. The number of nitrogens with one attached hydrogen (secondary N) is 2. The average molecular weight is 632 g/mol. The number of nitrogens with zero attached hydrogens (tertiary/aromatic N) is 1. The molecule has 2 N–H and O–H groups in total. The predicted octanol–water partition coefficient (Wildman–Crippen LogP) is 10.9. The smallest absolute Gasteiger partial charge is 0.143 e. The highest BCUT2D eigenvalue weighted by molar-refractivity contribution is 6.09. The van der Waals surface area contributed by atoms with Gasteiger partial charge in [0.15, 0.2) is 0 Å². The van der Waals surface area contributed by atoms with E-state index in [1.165, 1.54) is 22.3 Å². The minimum atomic E-state index is -0.280. The summed E-state index contributed by atoms with van der Waals surface area (Å²) in [5, 5.41) is 9.60. The van der Waals surface area contributed by atoms with Gasteiger partial charge in [0, 0.05) is 21.9 Å². The Morgan fingerprint density at radius 2 is 1.02 bits per heavy atom. The summed E-state index contributed by atoms with van der Waals surface area (Å²) in [5.74, 6) is 0.850. The van der Waals surface area contributed by atoms with Crippen LogP contribution in [0, 0.1) is 0 Å². The molecule has 234 valence electrons. The first-order valence-corrected chi connectivity index (χ1v) is 16.7. The molecule has 1 aliphatic heterocycles. The predicted molar refractivity (Wildman–Crippen MR) is 201 cm³/mol. The zero-order valence-corrected chi connectivity index (χ0v) is 26.8. The Kier molecular flexibility index (Phi) is 7.34. The number of hydrogen-bond donors (Lipinski definition) is 2. The molecule has 0 aliphatic carbocycles. The average Bonchev–Trinajstić information content (AvgIpc) is 3.57. The van der Waals surface area contributed by atoms with Crippen LogP contribution in [0.5, 0.6) is 0 Å². The number of fused-ring (bicyclic) bond motifs is 3. The summed E-state index contributed by atoms with van der Waals surface area (Å²) in [6.07, 6.45) is -0.401. The van der Waals surface area contributed by atoms with Crippen molar-refractivity contribution in [3.05, 3.63) is 193 Å². The molecule has 0 radical (unpaired) electrons. The molecular formula is C45H33N3O. The topological polar surface area (TPSA) is 49.6 Å². The summed E-state index contributed by atoms with van der Waals surface area (Å²) >= 11 is 0. The quantitative estimate of drug-likeness (QED) is 0.192. The number of rotatable bonds is 6. The van der Waals surface area contributed by atoms with Crippen molar-refractivity contribution in [2.75, 3.05) is 0 Å². The summed E-state index contributed by atoms with van der Waals surface area (Å²) in [4.78, 5) is 5.21. The van der Waals surface area contributed by atoms with E-state index in [2.05, 4.69) is 168 Å². The number of furan rings is 1. The van der Waals surface area contributed by atoms with Crippen LogP contribution in [-0.2, 0) is 0 Å². The molecule has 7 aromatic carbocycles. The monoisotopic (exact) mass is 631 g/mol. The van der Waals surface area contributed by atoms with Crippen LogP contribution < -0.4 is 10.6 Å². The van der Waals surface area contributed by atoms with Crippen LogP contribution in [0.2, 0.25) is 0 Å². The minimum Gasteiger partial charge on any atom is -0.455 e. The second-order valence-corrected chi connectivity index (χ2v) is 12.5. The largest absolute Gasteiger partial charge is 0.455 e. The molecule has 2 atom stereocenters.